The van der Waals surface area contributed by atoms with E-state index in [4.69, 9.17) is 9.47 Å². The van der Waals surface area contributed by atoms with E-state index < -0.39 is 17.9 Å². The Bertz CT molecular complexity index is 971. The number of unbranched alkanes of at least 4 members (excludes halogenated alkanes) is 2. The van der Waals surface area contributed by atoms with Crippen LogP contribution in [-0.2, 0) is 31.9 Å². The van der Waals surface area contributed by atoms with Crippen molar-refractivity contribution in [2.24, 2.45) is 17.8 Å². The summed E-state index contributed by atoms with van der Waals surface area (Å²) in [7, 11) is 0. The Balaban J connectivity index is 1.89. The van der Waals surface area contributed by atoms with Crippen molar-refractivity contribution in [3.8, 4) is 0 Å². The van der Waals surface area contributed by atoms with Crippen LogP contribution in [0.1, 0.15) is 108 Å². The van der Waals surface area contributed by atoms with E-state index >= 15 is 0 Å². The first kappa shape index (κ1) is 34.8. The van der Waals surface area contributed by atoms with Gasteiger partial charge in [0, 0.05) is 36.2 Å². The molecule has 1 atom stereocenters. The topological polar surface area (TPSA) is 93.1 Å². The van der Waals surface area contributed by atoms with Gasteiger partial charge in [-0.2, -0.15) is 0 Å². The monoisotopic (exact) mass is 570 g/mol. The SMILES string of the molecule is C=C(C)C(=O)OCC(CCC1CCC(c2ccc(CCCCC)c(CC)c2)CC1)COC(=O)C(=C)CC(CO)CO. The van der Waals surface area contributed by atoms with Crippen molar-refractivity contribution in [2.75, 3.05) is 26.4 Å². The van der Waals surface area contributed by atoms with E-state index in [0.29, 0.717) is 17.4 Å². The number of rotatable bonds is 19. The van der Waals surface area contributed by atoms with Gasteiger partial charge in [0.2, 0.25) is 0 Å². The summed E-state index contributed by atoms with van der Waals surface area (Å²) in [6, 6.07) is 7.20. The van der Waals surface area contributed by atoms with E-state index in [1.54, 1.807) is 6.92 Å². The smallest absolute Gasteiger partial charge is 0.333 e. The van der Waals surface area contributed by atoms with E-state index in [-0.39, 0.29) is 44.3 Å². The number of aryl methyl sites for hydroxylation is 2. The highest BCUT2D eigenvalue weighted by Crippen LogP contribution is 2.38. The fraction of sp³-hybridized carbons (Fsp3) is 0.657. The van der Waals surface area contributed by atoms with Crippen LogP contribution in [0.15, 0.2) is 42.5 Å². The van der Waals surface area contributed by atoms with Crippen LogP contribution in [0.5, 0.6) is 0 Å². The molecular weight excluding hydrogens is 516 g/mol. The van der Waals surface area contributed by atoms with E-state index in [2.05, 4.69) is 45.2 Å². The highest BCUT2D eigenvalue weighted by molar-refractivity contribution is 5.88. The van der Waals surface area contributed by atoms with Gasteiger partial charge in [0.25, 0.3) is 0 Å². The molecule has 6 heteroatoms. The number of aliphatic hydroxyl groups is 2. The molecule has 0 heterocycles. The van der Waals surface area contributed by atoms with Gasteiger partial charge in [-0.05, 0) is 99.7 Å². The lowest BCUT2D eigenvalue weighted by molar-refractivity contribution is -0.144. The minimum atomic E-state index is -0.545. The van der Waals surface area contributed by atoms with Crippen molar-refractivity contribution >= 4 is 11.9 Å². The van der Waals surface area contributed by atoms with Gasteiger partial charge in [0.05, 0.1) is 13.2 Å². The maximum Gasteiger partial charge on any atom is 0.333 e. The highest BCUT2D eigenvalue weighted by Gasteiger charge is 2.25. The Labute approximate surface area is 248 Å². The van der Waals surface area contributed by atoms with Crippen LogP contribution >= 0.6 is 0 Å². The largest absolute Gasteiger partial charge is 0.462 e. The molecule has 0 saturated heterocycles. The second-order valence-corrected chi connectivity index (χ2v) is 12.0. The van der Waals surface area contributed by atoms with Gasteiger partial charge >= 0.3 is 11.9 Å². The van der Waals surface area contributed by atoms with Gasteiger partial charge in [-0.15, -0.1) is 0 Å². The van der Waals surface area contributed by atoms with E-state index in [1.165, 1.54) is 68.1 Å². The van der Waals surface area contributed by atoms with Crippen LogP contribution in [0.4, 0.5) is 0 Å². The Morgan fingerprint density at radius 1 is 0.927 bits per heavy atom. The molecule has 0 aromatic heterocycles. The summed E-state index contributed by atoms with van der Waals surface area (Å²) >= 11 is 0. The average molecular weight is 571 g/mol. The van der Waals surface area contributed by atoms with Crippen molar-refractivity contribution in [3.05, 3.63) is 59.2 Å². The van der Waals surface area contributed by atoms with E-state index in [9.17, 15) is 19.8 Å². The Morgan fingerprint density at radius 2 is 1.59 bits per heavy atom. The van der Waals surface area contributed by atoms with E-state index in [1.807, 2.05) is 0 Å². The molecule has 6 nitrogen and oxygen atoms in total. The predicted octanol–water partition coefficient (Wildman–Crippen LogP) is 6.86. The van der Waals surface area contributed by atoms with Gasteiger partial charge in [0.1, 0.15) is 0 Å². The molecule has 1 aliphatic rings. The molecule has 1 saturated carbocycles. The molecule has 0 amide bonds. The molecular formula is C35H54O6. The quantitative estimate of drug-likeness (QED) is 0.107. The molecule has 1 aliphatic carbocycles. The Morgan fingerprint density at radius 3 is 2.17 bits per heavy atom. The second-order valence-electron chi connectivity index (χ2n) is 12.0. The number of carbonyl (C=O) groups excluding carboxylic acids is 2. The molecule has 41 heavy (non-hydrogen) atoms. The van der Waals surface area contributed by atoms with Crippen LogP contribution in [0.3, 0.4) is 0 Å². The minimum absolute atomic E-state index is 0.119. The number of hydrogen-bond donors (Lipinski definition) is 2. The predicted molar refractivity (Wildman–Crippen MR) is 165 cm³/mol. The summed E-state index contributed by atoms with van der Waals surface area (Å²) in [5.74, 6) is -0.326. The van der Waals surface area contributed by atoms with Crippen molar-refractivity contribution in [1.29, 1.82) is 0 Å². The van der Waals surface area contributed by atoms with Crippen molar-refractivity contribution in [3.63, 3.8) is 0 Å². The minimum Gasteiger partial charge on any atom is -0.462 e. The maximum atomic E-state index is 12.5. The summed E-state index contributed by atoms with van der Waals surface area (Å²) in [5, 5.41) is 18.6. The molecule has 0 aliphatic heterocycles. The normalized spacial score (nSPS) is 17.7. The van der Waals surface area contributed by atoms with Crippen LogP contribution < -0.4 is 0 Å². The number of carbonyl (C=O) groups is 2. The zero-order valence-electron chi connectivity index (χ0n) is 25.8. The molecule has 1 aromatic carbocycles. The molecule has 0 radical (unpaired) electrons. The third-order valence-electron chi connectivity index (χ3n) is 8.55. The summed E-state index contributed by atoms with van der Waals surface area (Å²) < 4.78 is 10.9. The number of esters is 2. The third-order valence-corrected chi connectivity index (χ3v) is 8.55. The summed E-state index contributed by atoms with van der Waals surface area (Å²) in [4.78, 5) is 24.5. The lowest BCUT2D eigenvalue weighted by Crippen LogP contribution is -2.24. The van der Waals surface area contributed by atoms with Crippen LogP contribution in [-0.4, -0.2) is 48.6 Å². The van der Waals surface area contributed by atoms with Crippen molar-refractivity contribution < 1.29 is 29.3 Å². The van der Waals surface area contributed by atoms with Crippen molar-refractivity contribution in [1.82, 2.24) is 0 Å². The Hall–Kier alpha value is -2.44. The van der Waals surface area contributed by atoms with Gasteiger partial charge in [-0.1, -0.05) is 58.0 Å². The van der Waals surface area contributed by atoms with Crippen LogP contribution in [0.2, 0.25) is 0 Å². The fourth-order valence-electron chi connectivity index (χ4n) is 5.74. The molecule has 1 unspecified atom stereocenters. The molecule has 0 spiro atoms. The lowest BCUT2D eigenvalue weighted by atomic mass is 9.76. The summed E-state index contributed by atoms with van der Waals surface area (Å²) in [5.41, 5.74) is 5.07. The van der Waals surface area contributed by atoms with E-state index in [0.717, 1.165) is 19.3 Å². The number of ether oxygens (including phenoxy) is 2. The molecule has 2 N–H and O–H groups in total. The lowest BCUT2D eigenvalue weighted by Gasteiger charge is -2.30. The molecule has 230 valence electrons. The van der Waals surface area contributed by atoms with Gasteiger partial charge in [-0.3, -0.25) is 0 Å². The third kappa shape index (κ3) is 12.1. The number of hydrogen-bond acceptors (Lipinski definition) is 6. The zero-order valence-corrected chi connectivity index (χ0v) is 25.8. The highest BCUT2D eigenvalue weighted by atomic mass is 16.5. The zero-order chi connectivity index (χ0) is 30.2. The van der Waals surface area contributed by atoms with Crippen LogP contribution in [0, 0.1) is 17.8 Å². The van der Waals surface area contributed by atoms with Crippen molar-refractivity contribution in [2.45, 2.75) is 104 Å². The van der Waals surface area contributed by atoms with Gasteiger partial charge in [0.15, 0.2) is 0 Å². The molecule has 2 rings (SSSR count). The molecule has 1 fully saturated rings. The standard InChI is InChI=1S/C35H54O6/c1-6-8-9-10-31-17-18-33(20-30(31)7-2)32-15-13-27(14-16-32)11-12-28(23-40-34(38)25(3)4)24-41-35(39)26(5)19-29(21-36)22-37/h17-18,20,27-29,32,36-37H,3,5-16,19,21-24H2,1-2,4H3. The summed E-state index contributed by atoms with van der Waals surface area (Å²) in [6.07, 6.45) is 12.7. The first-order chi connectivity index (χ1) is 19.7. The first-order valence-electron chi connectivity index (χ1n) is 15.7. The summed E-state index contributed by atoms with van der Waals surface area (Å²) in [6.45, 7) is 13.4. The maximum absolute atomic E-state index is 12.5. The Kier molecular flexibility index (Phi) is 16.0. The van der Waals surface area contributed by atoms with Crippen LogP contribution in [0.25, 0.3) is 0 Å². The second kappa shape index (κ2) is 18.9. The fourth-order valence-corrected chi connectivity index (χ4v) is 5.74. The average Bonchev–Trinajstić information content (AvgIpc) is 2.99. The molecule has 1 aromatic rings. The van der Waals surface area contributed by atoms with Gasteiger partial charge < -0.3 is 19.7 Å². The first-order valence-corrected chi connectivity index (χ1v) is 15.7. The van der Waals surface area contributed by atoms with Gasteiger partial charge in [-0.25, -0.2) is 9.59 Å². The molecule has 0 bridgehead atoms. The number of aliphatic hydroxyl groups excluding tert-OH is 2. The number of benzene rings is 1.